The number of para-hydroxylation sites is 1. The lowest BCUT2D eigenvalue weighted by molar-refractivity contribution is 0.0950. The number of H-pyrrole nitrogens is 1. The number of phenols is 1. The summed E-state index contributed by atoms with van der Waals surface area (Å²) in [5.41, 5.74) is 3.51. The van der Waals surface area contributed by atoms with Crippen molar-refractivity contribution < 1.29 is 19.1 Å². The van der Waals surface area contributed by atoms with Gasteiger partial charge in [-0.2, -0.15) is 10.2 Å². The summed E-state index contributed by atoms with van der Waals surface area (Å²) in [7, 11) is 1.45. The van der Waals surface area contributed by atoms with Gasteiger partial charge in [0, 0.05) is 11.6 Å². The lowest BCUT2D eigenvalue weighted by atomic mass is 10.2. The van der Waals surface area contributed by atoms with Crippen molar-refractivity contribution >= 4 is 12.1 Å². The Hall–Kier alpha value is -3.55. The summed E-state index contributed by atoms with van der Waals surface area (Å²) < 4.78 is 10.5. The molecule has 8 nitrogen and oxygen atoms in total. The number of nitrogens with one attached hydrogen (secondary N) is 2. The van der Waals surface area contributed by atoms with E-state index in [0.717, 1.165) is 5.76 Å². The van der Waals surface area contributed by atoms with Crippen LogP contribution >= 0.6 is 0 Å². The van der Waals surface area contributed by atoms with Crippen molar-refractivity contribution in [2.45, 2.75) is 6.92 Å². The fraction of sp³-hybridized carbons (Fsp3) is 0.118. The standard InChI is InChI=1S/C17H16N4O4/c1-10-6-7-14(25-10)12-8-13(20-19-12)17(23)21-18-9-11-4-3-5-15(24-2)16(11)22/h3-9,22H,1-2H3,(H,19,20)(H,21,23)/b18-9+. The average Bonchev–Trinajstić information content (AvgIpc) is 3.25. The van der Waals surface area contributed by atoms with E-state index in [-0.39, 0.29) is 11.4 Å². The number of carbonyl (C=O) groups is 1. The second kappa shape index (κ2) is 6.91. The number of rotatable bonds is 5. The molecule has 2 aromatic heterocycles. The molecule has 0 saturated carbocycles. The molecule has 1 amide bonds. The third kappa shape index (κ3) is 3.52. The Balaban J connectivity index is 1.68. The number of methoxy groups -OCH3 is 1. The van der Waals surface area contributed by atoms with Gasteiger partial charge in [0.15, 0.2) is 23.0 Å². The molecule has 0 radical (unpaired) electrons. The van der Waals surface area contributed by atoms with Gasteiger partial charge in [0.2, 0.25) is 0 Å². The maximum atomic E-state index is 12.1. The van der Waals surface area contributed by atoms with Crippen molar-refractivity contribution in [1.29, 1.82) is 0 Å². The number of aryl methyl sites for hydroxylation is 1. The van der Waals surface area contributed by atoms with Crippen LogP contribution in [0.15, 0.2) is 45.9 Å². The highest BCUT2D eigenvalue weighted by molar-refractivity contribution is 5.94. The largest absolute Gasteiger partial charge is 0.504 e. The highest BCUT2D eigenvalue weighted by atomic mass is 16.5. The van der Waals surface area contributed by atoms with Crippen LogP contribution in [-0.2, 0) is 0 Å². The molecule has 0 spiro atoms. The number of hydrazone groups is 1. The molecule has 8 heteroatoms. The Morgan fingerprint density at radius 2 is 2.24 bits per heavy atom. The van der Waals surface area contributed by atoms with Crippen molar-refractivity contribution in [1.82, 2.24) is 15.6 Å². The molecule has 128 valence electrons. The molecule has 1 aromatic carbocycles. The van der Waals surface area contributed by atoms with E-state index in [0.29, 0.717) is 22.8 Å². The van der Waals surface area contributed by atoms with Gasteiger partial charge in [-0.05, 0) is 31.2 Å². The molecule has 0 bridgehead atoms. The Morgan fingerprint density at radius 1 is 1.40 bits per heavy atom. The van der Waals surface area contributed by atoms with Gasteiger partial charge in [-0.1, -0.05) is 6.07 Å². The van der Waals surface area contributed by atoms with Gasteiger partial charge in [0.1, 0.15) is 11.5 Å². The van der Waals surface area contributed by atoms with Crippen LogP contribution in [0.4, 0.5) is 0 Å². The van der Waals surface area contributed by atoms with Gasteiger partial charge in [0.25, 0.3) is 5.91 Å². The molecule has 0 saturated heterocycles. The summed E-state index contributed by atoms with van der Waals surface area (Å²) in [6.07, 6.45) is 1.32. The Labute approximate surface area is 143 Å². The number of benzene rings is 1. The minimum absolute atomic E-state index is 0.0572. The molecule has 0 unspecified atom stereocenters. The van der Waals surface area contributed by atoms with E-state index in [1.54, 1.807) is 30.3 Å². The zero-order valence-corrected chi connectivity index (χ0v) is 13.6. The van der Waals surface area contributed by atoms with Crippen LogP contribution in [0.3, 0.4) is 0 Å². The topological polar surface area (TPSA) is 113 Å². The number of amides is 1. The molecule has 3 aromatic rings. The normalized spacial score (nSPS) is 11.0. The second-order valence-electron chi connectivity index (χ2n) is 5.17. The smallest absolute Gasteiger partial charge is 0.291 e. The first-order valence-corrected chi connectivity index (χ1v) is 7.40. The number of ether oxygens (including phenoxy) is 1. The minimum atomic E-state index is -0.496. The highest BCUT2D eigenvalue weighted by Crippen LogP contribution is 2.27. The van der Waals surface area contributed by atoms with Gasteiger partial charge in [-0.15, -0.1) is 0 Å². The van der Waals surface area contributed by atoms with Crippen LogP contribution in [0.5, 0.6) is 11.5 Å². The third-order valence-corrected chi connectivity index (χ3v) is 3.44. The quantitative estimate of drug-likeness (QED) is 0.488. The van der Waals surface area contributed by atoms with Crippen molar-refractivity contribution in [3.63, 3.8) is 0 Å². The van der Waals surface area contributed by atoms with Crippen LogP contribution in [0.1, 0.15) is 21.8 Å². The predicted molar refractivity (Wildman–Crippen MR) is 90.7 cm³/mol. The molecule has 3 rings (SSSR count). The van der Waals surface area contributed by atoms with Gasteiger partial charge in [0.05, 0.1) is 13.3 Å². The first-order chi connectivity index (χ1) is 12.1. The number of aromatic hydroxyl groups is 1. The van der Waals surface area contributed by atoms with Crippen LogP contribution in [-0.4, -0.2) is 34.5 Å². The number of hydrogen-bond acceptors (Lipinski definition) is 6. The van der Waals surface area contributed by atoms with E-state index in [4.69, 9.17) is 9.15 Å². The number of hydrogen-bond donors (Lipinski definition) is 3. The fourth-order valence-corrected chi connectivity index (χ4v) is 2.17. The summed E-state index contributed by atoms with van der Waals surface area (Å²) in [6.45, 7) is 1.83. The van der Waals surface area contributed by atoms with Gasteiger partial charge >= 0.3 is 0 Å². The molecule has 2 heterocycles. The lowest BCUT2D eigenvalue weighted by Crippen LogP contribution is -2.18. The molecule has 0 aliphatic rings. The van der Waals surface area contributed by atoms with Gasteiger partial charge in [-0.3, -0.25) is 9.89 Å². The van der Waals surface area contributed by atoms with Gasteiger partial charge < -0.3 is 14.3 Å². The number of furan rings is 1. The monoisotopic (exact) mass is 340 g/mol. The average molecular weight is 340 g/mol. The summed E-state index contributed by atoms with van der Waals surface area (Å²) in [5, 5.41) is 20.4. The van der Waals surface area contributed by atoms with Crippen molar-refractivity contribution in [3.8, 4) is 23.0 Å². The predicted octanol–water partition coefficient (Wildman–Crippen LogP) is 2.46. The van der Waals surface area contributed by atoms with E-state index in [1.807, 2.05) is 13.0 Å². The lowest BCUT2D eigenvalue weighted by Gasteiger charge is -2.04. The molecule has 0 aliphatic carbocycles. The number of carbonyl (C=O) groups excluding carboxylic acids is 1. The minimum Gasteiger partial charge on any atom is -0.504 e. The van der Waals surface area contributed by atoms with E-state index < -0.39 is 5.91 Å². The van der Waals surface area contributed by atoms with E-state index in [2.05, 4.69) is 20.7 Å². The molecule has 0 atom stereocenters. The summed E-state index contributed by atoms with van der Waals surface area (Å²) in [6, 6.07) is 10.1. The Morgan fingerprint density at radius 3 is 2.96 bits per heavy atom. The van der Waals surface area contributed by atoms with Crippen molar-refractivity contribution in [2.75, 3.05) is 7.11 Å². The zero-order valence-electron chi connectivity index (χ0n) is 13.6. The van der Waals surface area contributed by atoms with E-state index in [1.165, 1.54) is 13.3 Å². The molecular weight excluding hydrogens is 324 g/mol. The number of nitrogens with zero attached hydrogens (tertiary/aromatic N) is 2. The summed E-state index contributed by atoms with van der Waals surface area (Å²) >= 11 is 0. The molecule has 3 N–H and O–H groups in total. The first kappa shape index (κ1) is 16.3. The Kier molecular flexibility index (Phi) is 4.51. The summed E-state index contributed by atoms with van der Waals surface area (Å²) in [4.78, 5) is 12.1. The Bertz CT molecular complexity index is 926. The van der Waals surface area contributed by atoms with Crippen LogP contribution in [0, 0.1) is 6.92 Å². The second-order valence-corrected chi connectivity index (χ2v) is 5.17. The molecule has 0 aliphatic heterocycles. The molecular formula is C17H16N4O4. The first-order valence-electron chi connectivity index (χ1n) is 7.40. The third-order valence-electron chi connectivity index (χ3n) is 3.44. The maximum absolute atomic E-state index is 12.1. The SMILES string of the molecule is COc1cccc(/C=N/NC(=O)c2cc(-c3ccc(C)o3)[nH]n2)c1O. The van der Waals surface area contributed by atoms with Crippen molar-refractivity contribution in [2.24, 2.45) is 5.10 Å². The fourth-order valence-electron chi connectivity index (χ4n) is 2.17. The van der Waals surface area contributed by atoms with Crippen LogP contribution in [0.25, 0.3) is 11.5 Å². The van der Waals surface area contributed by atoms with Crippen LogP contribution in [0.2, 0.25) is 0 Å². The number of aromatic amines is 1. The van der Waals surface area contributed by atoms with Crippen LogP contribution < -0.4 is 10.2 Å². The maximum Gasteiger partial charge on any atom is 0.291 e. The van der Waals surface area contributed by atoms with Gasteiger partial charge in [-0.25, -0.2) is 5.43 Å². The van der Waals surface area contributed by atoms with Crippen molar-refractivity contribution in [3.05, 3.63) is 53.4 Å². The molecule has 0 fully saturated rings. The van der Waals surface area contributed by atoms with E-state index >= 15 is 0 Å². The molecule has 25 heavy (non-hydrogen) atoms. The summed E-state index contributed by atoms with van der Waals surface area (Å²) in [5.74, 6) is 1.12. The zero-order chi connectivity index (χ0) is 17.8. The number of phenolic OH excluding ortho intramolecular Hbond substituents is 1. The van der Waals surface area contributed by atoms with E-state index in [9.17, 15) is 9.90 Å². The number of aromatic nitrogens is 2. The highest BCUT2D eigenvalue weighted by Gasteiger charge is 2.13.